The predicted molar refractivity (Wildman–Crippen MR) is 138 cm³/mol. The smallest absolute Gasteiger partial charge is 0.323 e. The fraction of sp³-hybridized carbons (Fsp3) is 0.192. The minimum atomic E-state index is -0.356. The third-order valence-electron chi connectivity index (χ3n) is 5.59. The highest BCUT2D eigenvalue weighted by molar-refractivity contribution is 6.30. The van der Waals surface area contributed by atoms with E-state index in [0.717, 1.165) is 49.5 Å². The van der Waals surface area contributed by atoms with Crippen molar-refractivity contribution in [1.29, 1.82) is 0 Å². The van der Waals surface area contributed by atoms with E-state index >= 15 is 0 Å². The van der Waals surface area contributed by atoms with Gasteiger partial charge >= 0.3 is 6.03 Å². The predicted octanol–water partition coefficient (Wildman–Crippen LogP) is 5.12. The summed E-state index contributed by atoms with van der Waals surface area (Å²) in [6.45, 7) is 4.81. The van der Waals surface area contributed by atoms with Gasteiger partial charge in [0.1, 0.15) is 11.5 Å². The summed E-state index contributed by atoms with van der Waals surface area (Å²) in [5.41, 5.74) is 3.82. The molecular weight excluding hydrogens is 464 g/mol. The molecule has 5 rings (SSSR count). The first-order chi connectivity index (χ1) is 17.1. The van der Waals surface area contributed by atoms with E-state index in [2.05, 4.69) is 25.8 Å². The second-order valence-electron chi connectivity index (χ2n) is 8.25. The molecule has 0 bridgehead atoms. The van der Waals surface area contributed by atoms with Crippen LogP contribution in [0.4, 0.5) is 16.2 Å². The van der Waals surface area contributed by atoms with E-state index in [1.807, 2.05) is 24.4 Å². The Hall–Kier alpha value is -3.72. The molecule has 0 radical (unpaired) electrons. The van der Waals surface area contributed by atoms with Crippen molar-refractivity contribution >= 4 is 40.0 Å². The van der Waals surface area contributed by atoms with Crippen LogP contribution in [0.25, 0.3) is 11.0 Å². The zero-order chi connectivity index (χ0) is 24.0. The molecule has 0 spiro atoms. The number of urea groups is 1. The number of nitrogens with one attached hydrogen (secondary N) is 3. The SMILES string of the molecule is O=C(Nc1ccc(Oc2ccc3ncc(CN4CCNCC4)nc3c2)cc1)Nc1cccc(Cl)c1. The first-order valence-corrected chi connectivity index (χ1v) is 11.8. The van der Waals surface area contributed by atoms with Gasteiger partial charge < -0.3 is 20.7 Å². The fourth-order valence-electron chi connectivity index (χ4n) is 3.87. The number of amides is 2. The molecule has 1 aliphatic rings. The Labute approximate surface area is 208 Å². The summed E-state index contributed by atoms with van der Waals surface area (Å²) in [7, 11) is 0. The Balaban J connectivity index is 1.21. The maximum Gasteiger partial charge on any atom is 0.323 e. The zero-order valence-electron chi connectivity index (χ0n) is 19.0. The van der Waals surface area contributed by atoms with Crippen molar-refractivity contribution in [3.05, 3.63) is 83.6 Å². The average molecular weight is 489 g/mol. The zero-order valence-corrected chi connectivity index (χ0v) is 19.8. The molecule has 2 heterocycles. The summed E-state index contributed by atoms with van der Waals surface area (Å²) in [4.78, 5) is 23.9. The quantitative estimate of drug-likeness (QED) is 0.349. The summed E-state index contributed by atoms with van der Waals surface area (Å²) < 4.78 is 6.02. The standard InChI is InChI=1S/C26H25ClN6O2/c27-18-2-1-3-20(14-18)32-26(34)31-19-4-6-22(7-5-19)35-23-8-9-24-25(15-23)30-21(16-29-24)17-33-12-10-28-11-13-33/h1-9,14-16,28H,10-13,17H2,(H2,31,32,34). The Bertz CT molecular complexity index is 1330. The molecule has 2 amide bonds. The van der Waals surface area contributed by atoms with Crippen LogP contribution in [0.3, 0.4) is 0 Å². The van der Waals surface area contributed by atoms with Gasteiger partial charge in [-0.2, -0.15) is 0 Å². The van der Waals surface area contributed by atoms with Crippen LogP contribution in [0.1, 0.15) is 5.69 Å². The molecule has 0 atom stereocenters. The number of benzene rings is 3. The van der Waals surface area contributed by atoms with E-state index in [0.29, 0.717) is 27.9 Å². The molecule has 178 valence electrons. The molecule has 0 unspecified atom stereocenters. The third-order valence-corrected chi connectivity index (χ3v) is 5.82. The summed E-state index contributed by atoms with van der Waals surface area (Å²) >= 11 is 5.95. The summed E-state index contributed by atoms with van der Waals surface area (Å²) in [5.74, 6) is 1.32. The first-order valence-electron chi connectivity index (χ1n) is 11.4. The van der Waals surface area contributed by atoms with E-state index in [1.54, 1.807) is 48.5 Å². The molecule has 1 fully saturated rings. The highest BCUT2D eigenvalue weighted by atomic mass is 35.5. The molecule has 3 N–H and O–H groups in total. The molecule has 1 saturated heterocycles. The van der Waals surface area contributed by atoms with Crippen molar-refractivity contribution in [3.63, 3.8) is 0 Å². The Morgan fingerprint density at radius 3 is 2.51 bits per heavy atom. The van der Waals surface area contributed by atoms with Crippen LogP contribution in [-0.2, 0) is 6.54 Å². The second-order valence-corrected chi connectivity index (χ2v) is 8.69. The van der Waals surface area contributed by atoms with E-state index < -0.39 is 0 Å². The number of nitrogens with zero attached hydrogens (tertiary/aromatic N) is 3. The number of carbonyl (C=O) groups excluding carboxylic acids is 1. The summed E-state index contributed by atoms with van der Waals surface area (Å²) in [5, 5.41) is 9.46. The van der Waals surface area contributed by atoms with Gasteiger partial charge in [0.15, 0.2) is 0 Å². The van der Waals surface area contributed by atoms with E-state index in [1.165, 1.54) is 0 Å². The van der Waals surface area contributed by atoms with Crippen molar-refractivity contribution in [2.75, 3.05) is 36.8 Å². The highest BCUT2D eigenvalue weighted by Crippen LogP contribution is 2.26. The maximum absolute atomic E-state index is 12.2. The van der Waals surface area contributed by atoms with Crippen molar-refractivity contribution in [1.82, 2.24) is 20.2 Å². The molecule has 35 heavy (non-hydrogen) atoms. The lowest BCUT2D eigenvalue weighted by Crippen LogP contribution is -2.43. The molecule has 3 aromatic carbocycles. The lowest BCUT2D eigenvalue weighted by Gasteiger charge is -2.26. The summed E-state index contributed by atoms with van der Waals surface area (Å²) in [6, 6.07) is 19.4. The molecule has 8 nitrogen and oxygen atoms in total. The van der Waals surface area contributed by atoms with Crippen molar-refractivity contribution in [2.45, 2.75) is 6.54 Å². The number of halogens is 1. The largest absolute Gasteiger partial charge is 0.457 e. The maximum atomic E-state index is 12.2. The molecule has 9 heteroatoms. The highest BCUT2D eigenvalue weighted by Gasteiger charge is 2.12. The minimum Gasteiger partial charge on any atom is -0.457 e. The number of anilines is 2. The van der Waals surface area contributed by atoms with Gasteiger partial charge in [-0.25, -0.2) is 9.78 Å². The molecular formula is C26H25ClN6O2. The minimum absolute atomic E-state index is 0.356. The van der Waals surface area contributed by atoms with Crippen molar-refractivity contribution < 1.29 is 9.53 Å². The van der Waals surface area contributed by atoms with Gasteiger partial charge in [-0.05, 0) is 54.6 Å². The van der Waals surface area contributed by atoms with Crippen LogP contribution in [0, 0.1) is 0 Å². The van der Waals surface area contributed by atoms with Crippen LogP contribution >= 0.6 is 11.6 Å². The number of hydrogen-bond donors (Lipinski definition) is 3. The van der Waals surface area contributed by atoms with Crippen molar-refractivity contribution in [3.8, 4) is 11.5 Å². The Kier molecular flexibility index (Phi) is 7.04. The number of ether oxygens (including phenoxy) is 1. The van der Waals surface area contributed by atoms with Gasteiger partial charge in [0.25, 0.3) is 0 Å². The fourth-order valence-corrected chi connectivity index (χ4v) is 4.06. The van der Waals surface area contributed by atoms with Crippen LogP contribution in [-0.4, -0.2) is 47.1 Å². The van der Waals surface area contributed by atoms with Gasteiger partial charge in [0, 0.05) is 55.2 Å². The number of aromatic nitrogens is 2. The van der Waals surface area contributed by atoms with Gasteiger partial charge in [-0.1, -0.05) is 17.7 Å². The van der Waals surface area contributed by atoms with E-state index in [4.69, 9.17) is 21.3 Å². The lowest BCUT2D eigenvalue weighted by atomic mass is 10.2. The molecule has 0 saturated carbocycles. The van der Waals surface area contributed by atoms with E-state index in [9.17, 15) is 4.79 Å². The monoisotopic (exact) mass is 488 g/mol. The molecule has 4 aromatic rings. The average Bonchev–Trinajstić information content (AvgIpc) is 2.86. The van der Waals surface area contributed by atoms with E-state index in [-0.39, 0.29) is 6.03 Å². The molecule has 1 aliphatic heterocycles. The van der Waals surface area contributed by atoms with Crippen molar-refractivity contribution in [2.24, 2.45) is 0 Å². The van der Waals surface area contributed by atoms with Crippen LogP contribution in [0.15, 0.2) is 72.9 Å². The second kappa shape index (κ2) is 10.7. The Morgan fingerprint density at radius 1 is 0.943 bits per heavy atom. The van der Waals surface area contributed by atoms with Gasteiger partial charge in [-0.15, -0.1) is 0 Å². The number of fused-ring (bicyclic) bond motifs is 1. The lowest BCUT2D eigenvalue weighted by molar-refractivity contribution is 0.230. The topological polar surface area (TPSA) is 91.4 Å². The van der Waals surface area contributed by atoms with Gasteiger partial charge in [0.2, 0.25) is 0 Å². The van der Waals surface area contributed by atoms with Crippen LogP contribution < -0.4 is 20.7 Å². The normalized spacial score (nSPS) is 14.0. The van der Waals surface area contributed by atoms with Gasteiger partial charge in [0.05, 0.1) is 22.9 Å². The van der Waals surface area contributed by atoms with Crippen LogP contribution in [0.2, 0.25) is 5.02 Å². The number of hydrogen-bond acceptors (Lipinski definition) is 6. The Morgan fingerprint density at radius 2 is 1.71 bits per heavy atom. The summed E-state index contributed by atoms with van der Waals surface area (Å²) in [6.07, 6.45) is 1.85. The van der Waals surface area contributed by atoms with Gasteiger partial charge in [-0.3, -0.25) is 9.88 Å². The number of rotatable bonds is 6. The molecule has 1 aromatic heterocycles. The number of carbonyl (C=O) groups is 1. The van der Waals surface area contributed by atoms with Crippen LogP contribution in [0.5, 0.6) is 11.5 Å². The first kappa shape index (κ1) is 23.0. The third kappa shape index (κ3) is 6.24. The number of piperazine rings is 1. The molecule has 0 aliphatic carbocycles.